The molecule has 2 aliphatic heterocycles. The summed E-state index contributed by atoms with van der Waals surface area (Å²) in [4.78, 5) is 0. The smallest absolute Gasteiger partial charge is 0.148 e. The molecule has 2 heteroatoms. The Balaban J connectivity index is 1.83. The maximum absolute atomic E-state index is 5.35. The van der Waals surface area contributed by atoms with E-state index in [1.54, 1.807) is 0 Å². The van der Waals surface area contributed by atoms with Crippen molar-refractivity contribution >= 4 is 0 Å². The summed E-state index contributed by atoms with van der Waals surface area (Å²) in [6.07, 6.45) is 4.28. The molecule has 3 aliphatic rings. The minimum atomic E-state index is 0.521. The van der Waals surface area contributed by atoms with Gasteiger partial charge in [-0.25, -0.2) is 0 Å². The number of hydrogen-bond donors (Lipinski definition) is 0. The van der Waals surface area contributed by atoms with Crippen molar-refractivity contribution in [2.45, 2.75) is 25.4 Å². The minimum Gasteiger partial charge on any atom is -0.459 e. The largest absolute Gasteiger partial charge is 0.459 e. The first-order valence-corrected chi connectivity index (χ1v) is 3.97. The van der Waals surface area contributed by atoms with E-state index in [1.165, 1.54) is 30.8 Å². The molecule has 10 heavy (non-hydrogen) atoms. The van der Waals surface area contributed by atoms with Crippen molar-refractivity contribution < 1.29 is 9.47 Å². The standard InChI is InChI=1S/C8H10O2/c1-2-5(7-4-9-7)8-6(3-1)10-8/h5,7H,1-4H2. The monoisotopic (exact) mass is 138 g/mol. The third-order valence-corrected chi connectivity index (χ3v) is 2.53. The SMILES string of the molecule is C1CC2=C(O2)C(C2CO2)C1. The van der Waals surface area contributed by atoms with Gasteiger partial charge in [0.1, 0.15) is 11.5 Å². The van der Waals surface area contributed by atoms with E-state index in [2.05, 4.69) is 0 Å². The minimum absolute atomic E-state index is 0.521. The molecule has 54 valence electrons. The zero-order chi connectivity index (χ0) is 6.55. The topological polar surface area (TPSA) is 25.1 Å². The summed E-state index contributed by atoms with van der Waals surface area (Å²) in [5.74, 6) is 3.18. The lowest BCUT2D eigenvalue weighted by molar-refractivity contribution is 0.314. The van der Waals surface area contributed by atoms with Gasteiger partial charge >= 0.3 is 0 Å². The Morgan fingerprint density at radius 3 is 3.10 bits per heavy atom. The normalized spacial score (nSPS) is 42.4. The van der Waals surface area contributed by atoms with Crippen molar-refractivity contribution in [1.82, 2.24) is 0 Å². The highest BCUT2D eigenvalue weighted by Gasteiger charge is 2.45. The summed E-state index contributed by atoms with van der Waals surface area (Å²) >= 11 is 0. The third kappa shape index (κ3) is 0.626. The first-order chi connectivity index (χ1) is 4.95. The maximum atomic E-state index is 5.35. The fraction of sp³-hybridized carbons (Fsp3) is 0.750. The molecule has 0 N–H and O–H groups in total. The van der Waals surface area contributed by atoms with E-state index in [1.807, 2.05) is 0 Å². The van der Waals surface area contributed by atoms with E-state index in [0.717, 1.165) is 6.61 Å². The molecule has 0 saturated carbocycles. The van der Waals surface area contributed by atoms with Gasteiger partial charge in [0, 0.05) is 12.3 Å². The van der Waals surface area contributed by atoms with Crippen LogP contribution in [0.15, 0.2) is 11.5 Å². The van der Waals surface area contributed by atoms with Gasteiger partial charge in [0.15, 0.2) is 0 Å². The van der Waals surface area contributed by atoms with Crippen LogP contribution in [0.1, 0.15) is 19.3 Å². The molecular weight excluding hydrogens is 128 g/mol. The second-order valence-electron chi connectivity index (χ2n) is 3.26. The molecule has 3 rings (SSSR count). The van der Waals surface area contributed by atoms with Crippen LogP contribution in [0, 0.1) is 5.92 Å². The van der Waals surface area contributed by atoms with E-state index in [9.17, 15) is 0 Å². The average molecular weight is 138 g/mol. The van der Waals surface area contributed by atoms with Crippen molar-refractivity contribution in [3.63, 3.8) is 0 Å². The predicted molar refractivity (Wildman–Crippen MR) is 35.2 cm³/mol. The third-order valence-electron chi connectivity index (χ3n) is 2.53. The summed E-state index contributed by atoms with van der Waals surface area (Å²) < 4.78 is 10.6. The molecule has 0 aromatic heterocycles. The molecule has 2 nitrogen and oxygen atoms in total. The number of hydrogen-bond acceptors (Lipinski definition) is 2. The van der Waals surface area contributed by atoms with Crippen LogP contribution in [0.25, 0.3) is 0 Å². The first-order valence-electron chi connectivity index (χ1n) is 3.97. The van der Waals surface area contributed by atoms with Crippen molar-refractivity contribution in [2.24, 2.45) is 5.92 Å². The second kappa shape index (κ2) is 1.56. The molecule has 2 unspecified atom stereocenters. The number of rotatable bonds is 1. The summed E-state index contributed by atoms with van der Waals surface area (Å²) in [6.45, 7) is 0.963. The van der Waals surface area contributed by atoms with E-state index >= 15 is 0 Å². The Bertz CT molecular complexity index is 203. The first kappa shape index (κ1) is 5.19. The Morgan fingerprint density at radius 1 is 1.40 bits per heavy atom. The van der Waals surface area contributed by atoms with Gasteiger partial charge in [0.25, 0.3) is 0 Å². The van der Waals surface area contributed by atoms with Gasteiger partial charge < -0.3 is 9.47 Å². The molecule has 0 aromatic rings. The van der Waals surface area contributed by atoms with Crippen LogP contribution < -0.4 is 0 Å². The molecule has 0 radical (unpaired) electrons. The van der Waals surface area contributed by atoms with Gasteiger partial charge in [-0.2, -0.15) is 0 Å². The van der Waals surface area contributed by atoms with E-state index < -0.39 is 0 Å². The molecule has 1 aliphatic carbocycles. The van der Waals surface area contributed by atoms with Crippen LogP contribution in [0.4, 0.5) is 0 Å². The number of ether oxygens (including phenoxy) is 2. The Morgan fingerprint density at radius 2 is 2.30 bits per heavy atom. The average Bonchev–Trinajstić information content (AvgIpc) is 2.83. The van der Waals surface area contributed by atoms with E-state index in [0.29, 0.717) is 12.0 Å². The summed E-state index contributed by atoms with van der Waals surface area (Å²) in [7, 11) is 0. The summed E-state index contributed by atoms with van der Waals surface area (Å²) in [5.41, 5.74) is 0. The highest BCUT2D eigenvalue weighted by Crippen LogP contribution is 2.47. The fourth-order valence-corrected chi connectivity index (χ4v) is 1.82. The number of epoxide rings is 1. The highest BCUT2D eigenvalue weighted by atomic mass is 16.6. The highest BCUT2D eigenvalue weighted by molar-refractivity contribution is 5.25. The maximum Gasteiger partial charge on any atom is 0.148 e. The van der Waals surface area contributed by atoms with Crippen LogP contribution in [-0.2, 0) is 9.47 Å². The zero-order valence-corrected chi connectivity index (χ0v) is 5.80. The van der Waals surface area contributed by atoms with Gasteiger partial charge in [-0.15, -0.1) is 0 Å². The van der Waals surface area contributed by atoms with Crippen molar-refractivity contribution in [2.75, 3.05) is 6.61 Å². The lowest BCUT2D eigenvalue weighted by Crippen LogP contribution is -2.08. The Hall–Kier alpha value is -0.500. The Labute approximate surface area is 59.8 Å². The van der Waals surface area contributed by atoms with E-state index in [4.69, 9.17) is 9.47 Å². The van der Waals surface area contributed by atoms with Gasteiger partial charge in [0.05, 0.1) is 12.7 Å². The second-order valence-corrected chi connectivity index (χ2v) is 3.26. The lowest BCUT2D eigenvalue weighted by atomic mass is 9.93. The van der Waals surface area contributed by atoms with Crippen molar-refractivity contribution in [3.8, 4) is 0 Å². The molecule has 0 spiro atoms. The van der Waals surface area contributed by atoms with Crippen LogP contribution >= 0.6 is 0 Å². The van der Waals surface area contributed by atoms with Gasteiger partial charge in [-0.1, -0.05) is 0 Å². The molecule has 1 saturated heterocycles. The van der Waals surface area contributed by atoms with Crippen LogP contribution in [0.5, 0.6) is 0 Å². The van der Waals surface area contributed by atoms with Crippen molar-refractivity contribution in [3.05, 3.63) is 11.5 Å². The van der Waals surface area contributed by atoms with Crippen LogP contribution in [0.2, 0.25) is 0 Å². The molecule has 0 bridgehead atoms. The molecular formula is C8H10O2. The fourth-order valence-electron chi connectivity index (χ4n) is 1.82. The molecule has 0 aromatic carbocycles. The molecule has 1 fully saturated rings. The zero-order valence-electron chi connectivity index (χ0n) is 5.80. The Kier molecular flexibility index (Phi) is 0.810. The number of allylic oxidation sites excluding steroid dienone is 1. The van der Waals surface area contributed by atoms with E-state index in [-0.39, 0.29) is 0 Å². The van der Waals surface area contributed by atoms with Crippen molar-refractivity contribution in [1.29, 1.82) is 0 Å². The summed E-state index contributed by atoms with van der Waals surface area (Å²) in [6, 6.07) is 0. The van der Waals surface area contributed by atoms with Gasteiger partial charge in [-0.05, 0) is 12.8 Å². The predicted octanol–water partition coefficient (Wildman–Crippen LogP) is 1.43. The quantitative estimate of drug-likeness (QED) is 0.512. The van der Waals surface area contributed by atoms with Gasteiger partial charge in [0.2, 0.25) is 0 Å². The molecule has 0 amide bonds. The molecule has 2 atom stereocenters. The van der Waals surface area contributed by atoms with Gasteiger partial charge in [-0.3, -0.25) is 0 Å². The summed E-state index contributed by atoms with van der Waals surface area (Å²) in [5, 5.41) is 0. The van der Waals surface area contributed by atoms with Crippen LogP contribution in [-0.4, -0.2) is 12.7 Å². The molecule has 2 heterocycles. The lowest BCUT2D eigenvalue weighted by Gasteiger charge is -2.07. The van der Waals surface area contributed by atoms with Crippen LogP contribution in [0.3, 0.4) is 0 Å².